The van der Waals surface area contributed by atoms with Crippen LogP contribution in [-0.4, -0.2) is 47.0 Å². The first-order chi connectivity index (χ1) is 19.5. The first-order valence-electron chi connectivity index (χ1n) is 13.8. The number of nitrogens with zero attached hydrogens (tertiary/aromatic N) is 3. The number of fused-ring (bicyclic) bond motifs is 2. The molecule has 1 unspecified atom stereocenters. The maximum Gasteiger partial charge on any atom is 0.269 e. The molecular formula is C31H31N5O4. The molecular weight excluding hydrogens is 506 g/mol. The van der Waals surface area contributed by atoms with Crippen LogP contribution in [0.3, 0.4) is 0 Å². The molecule has 3 aromatic carbocycles. The largest absolute Gasteiger partial charge is 0.343 e. The van der Waals surface area contributed by atoms with Gasteiger partial charge in [0.15, 0.2) is 0 Å². The standard InChI is InChI=1S/C31H31N5O4/c37-28-4-2-16-35(28)15-1-3-20-5-7-21(8-6-20)30(33-24-10-9-23-19-32-14-13-22(23)17-24)29-26-18-25(36(39)40)11-12-27(26)34-31(29)38/h5-12,17-18,29,32H,1-4,13-16,19H2,(H,34,38). The Morgan fingerprint density at radius 3 is 2.65 bits per heavy atom. The molecule has 0 spiro atoms. The summed E-state index contributed by atoms with van der Waals surface area (Å²) in [6.45, 7) is 3.34. The number of non-ortho nitro benzene ring substituents is 1. The minimum Gasteiger partial charge on any atom is -0.343 e. The van der Waals surface area contributed by atoms with Gasteiger partial charge in [-0.1, -0.05) is 30.3 Å². The molecule has 0 saturated carbocycles. The predicted molar refractivity (Wildman–Crippen MR) is 153 cm³/mol. The van der Waals surface area contributed by atoms with Crippen LogP contribution in [0.15, 0.2) is 65.7 Å². The Hall–Kier alpha value is -4.37. The number of aliphatic imine (C=N–C) groups is 1. The average molecular weight is 538 g/mol. The number of nitro groups is 1. The van der Waals surface area contributed by atoms with Crippen LogP contribution in [0, 0.1) is 10.1 Å². The zero-order valence-corrected chi connectivity index (χ0v) is 22.2. The molecule has 0 radical (unpaired) electrons. The van der Waals surface area contributed by atoms with E-state index in [9.17, 15) is 19.7 Å². The van der Waals surface area contributed by atoms with E-state index in [0.29, 0.717) is 23.4 Å². The van der Waals surface area contributed by atoms with Crippen LogP contribution >= 0.6 is 0 Å². The molecule has 1 saturated heterocycles. The lowest BCUT2D eigenvalue weighted by molar-refractivity contribution is -0.384. The Kier molecular flexibility index (Phi) is 7.13. The summed E-state index contributed by atoms with van der Waals surface area (Å²) < 4.78 is 0. The summed E-state index contributed by atoms with van der Waals surface area (Å²) >= 11 is 0. The normalized spacial score (nSPS) is 18.4. The van der Waals surface area contributed by atoms with Crippen molar-refractivity contribution in [3.05, 3.63) is 98.6 Å². The average Bonchev–Trinajstić information content (AvgIpc) is 3.53. The molecule has 3 aliphatic rings. The Bertz CT molecular complexity index is 1510. The van der Waals surface area contributed by atoms with E-state index >= 15 is 0 Å². The number of likely N-dealkylation sites (tertiary alicyclic amines) is 1. The molecule has 0 bridgehead atoms. The van der Waals surface area contributed by atoms with E-state index in [0.717, 1.165) is 68.7 Å². The fourth-order valence-electron chi connectivity index (χ4n) is 5.86. The maximum absolute atomic E-state index is 13.3. The molecule has 3 aromatic rings. The van der Waals surface area contributed by atoms with Crippen molar-refractivity contribution in [1.29, 1.82) is 0 Å². The number of carbonyl (C=O) groups is 2. The van der Waals surface area contributed by atoms with Crippen molar-refractivity contribution in [2.75, 3.05) is 25.0 Å². The maximum atomic E-state index is 13.3. The van der Waals surface area contributed by atoms with Gasteiger partial charge >= 0.3 is 0 Å². The molecule has 1 fully saturated rings. The molecule has 3 heterocycles. The molecule has 0 aromatic heterocycles. The van der Waals surface area contributed by atoms with Gasteiger partial charge in [0.25, 0.3) is 5.69 Å². The minimum absolute atomic E-state index is 0.0623. The number of amides is 2. The molecule has 204 valence electrons. The topological polar surface area (TPSA) is 117 Å². The number of anilines is 1. The minimum atomic E-state index is -0.778. The van der Waals surface area contributed by atoms with Crippen LogP contribution < -0.4 is 10.6 Å². The number of benzene rings is 3. The smallest absolute Gasteiger partial charge is 0.269 e. The van der Waals surface area contributed by atoms with Gasteiger partial charge in [0.05, 0.1) is 16.3 Å². The van der Waals surface area contributed by atoms with Gasteiger partial charge in [-0.2, -0.15) is 0 Å². The molecule has 0 aliphatic carbocycles. The number of carbonyl (C=O) groups excluding carboxylic acids is 2. The van der Waals surface area contributed by atoms with Crippen molar-refractivity contribution in [3.63, 3.8) is 0 Å². The van der Waals surface area contributed by atoms with Crippen molar-refractivity contribution in [2.45, 2.75) is 44.6 Å². The first kappa shape index (κ1) is 25.9. The molecule has 2 N–H and O–H groups in total. The van der Waals surface area contributed by atoms with Crippen molar-refractivity contribution < 1.29 is 14.5 Å². The summed E-state index contributed by atoms with van der Waals surface area (Å²) in [5, 5.41) is 17.8. The van der Waals surface area contributed by atoms with Crippen LogP contribution in [0.5, 0.6) is 0 Å². The van der Waals surface area contributed by atoms with Crippen LogP contribution in [0.25, 0.3) is 0 Å². The fourth-order valence-corrected chi connectivity index (χ4v) is 5.86. The Balaban J connectivity index is 1.33. The van der Waals surface area contributed by atoms with Gasteiger partial charge in [0, 0.05) is 49.4 Å². The Morgan fingerprint density at radius 1 is 1.02 bits per heavy atom. The number of nitrogens with one attached hydrogen (secondary N) is 2. The second-order valence-corrected chi connectivity index (χ2v) is 10.6. The number of hydrogen-bond acceptors (Lipinski definition) is 6. The van der Waals surface area contributed by atoms with Crippen molar-refractivity contribution >= 4 is 34.6 Å². The summed E-state index contributed by atoms with van der Waals surface area (Å²) in [6.07, 6.45) is 4.23. The highest BCUT2D eigenvalue weighted by Gasteiger charge is 2.36. The van der Waals surface area contributed by atoms with Gasteiger partial charge in [-0.15, -0.1) is 0 Å². The van der Waals surface area contributed by atoms with E-state index in [1.54, 1.807) is 6.07 Å². The Labute approximate surface area is 232 Å². The van der Waals surface area contributed by atoms with E-state index in [1.165, 1.54) is 23.3 Å². The SMILES string of the molecule is O=C1Nc2ccc([N+](=O)[O-])cc2C1C(=Nc1ccc2c(c1)CCNC2)c1ccc(CCCN2CCCC2=O)cc1. The van der Waals surface area contributed by atoms with Crippen LogP contribution in [-0.2, 0) is 29.0 Å². The third kappa shape index (κ3) is 5.24. The van der Waals surface area contributed by atoms with E-state index < -0.39 is 10.8 Å². The molecule has 1 atom stereocenters. The number of aryl methyl sites for hydroxylation is 1. The zero-order valence-electron chi connectivity index (χ0n) is 22.2. The van der Waals surface area contributed by atoms with E-state index in [4.69, 9.17) is 4.99 Å². The summed E-state index contributed by atoms with van der Waals surface area (Å²) in [5.41, 5.74) is 6.77. The van der Waals surface area contributed by atoms with Gasteiger partial charge in [0.1, 0.15) is 5.92 Å². The van der Waals surface area contributed by atoms with Gasteiger partial charge in [-0.3, -0.25) is 24.7 Å². The third-order valence-corrected chi connectivity index (χ3v) is 7.99. The van der Waals surface area contributed by atoms with Crippen LogP contribution in [0.2, 0.25) is 0 Å². The molecule has 9 heteroatoms. The fraction of sp³-hybridized carbons (Fsp3) is 0.323. The van der Waals surface area contributed by atoms with Crippen molar-refractivity contribution in [3.8, 4) is 0 Å². The molecule has 3 aliphatic heterocycles. The lowest BCUT2D eigenvalue weighted by atomic mass is 9.89. The van der Waals surface area contributed by atoms with E-state index in [2.05, 4.69) is 22.8 Å². The van der Waals surface area contributed by atoms with Gasteiger partial charge < -0.3 is 15.5 Å². The summed E-state index contributed by atoms with van der Waals surface area (Å²) in [6, 6.07) is 18.6. The number of hydrogen-bond donors (Lipinski definition) is 2. The Morgan fingerprint density at radius 2 is 1.88 bits per heavy atom. The molecule has 6 rings (SSSR count). The highest BCUT2D eigenvalue weighted by molar-refractivity contribution is 6.24. The monoisotopic (exact) mass is 537 g/mol. The summed E-state index contributed by atoms with van der Waals surface area (Å²) in [7, 11) is 0. The van der Waals surface area contributed by atoms with Gasteiger partial charge in [-0.05, 0) is 72.7 Å². The van der Waals surface area contributed by atoms with Crippen molar-refractivity contribution in [2.24, 2.45) is 4.99 Å². The zero-order chi connectivity index (χ0) is 27.6. The van der Waals surface area contributed by atoms with E-state index in [1.807, 2.05) is 35.2 Å². The van der Waals surface area contributed by atoms with E-state index in [-0.39, 0.29) is 17.5 Å². The number of rotatable bonds is 8. The lowest BCUT2D eigenvalue weighted by Gasteiger charge is -2.18. The highest BCUT2D eigenvalue weighted by Crippen LogP contribution is 2.38. The first-order valence-corrected chi connectivity index (χ1v) is 13.8. The molecule has 40 heavy (non-hydrogen) atoms. The third-order valence-electron chi connectivity index (χ3n) is 7.99. The van der Waals surface area contributed by atoms with Crippen LogP contribution in [0.1, 0.15) is 53.0 Å². The number of nitro benzene ring substituents is 1. The van der Waals surface area contributed by atoms with Crippen LogP contribution in [0.4, 0.5) is 17.1 Å². The van der Waals surface area contributed by atoms with Crippen molar-refractivity contribution in [1.82, 2.24) is 10.2 Å². The van der Waals surface area contributed by atoms with Gasteiger partial charge in [0.2, 0.25) is 11.8 Å². The molecule has 9 nitrogen and oxygen atoms in total. The lowest BCUT2D eigenvalue weighted by Crippen LogP contribution is -2.25. The van der Waals surface area contributed by atoms with Gasteiger partial charge in [-0.25, -0.2) is 0 Å². The summed E-state index contributed by atoms with van der Waals surface area (Å²) in [5.74, 6) is -0.791. The second-order valence-electron chi connectivity index (χ2n) is 10.6. The quantitative estimate of drug-likeness (QED) is 0.246. The predicted octanol–water partition coefficient (Wildman–Crippen LogP) is 4.65. The summed E-state index contributed by atoms with van der Waals surface area (Å²) in [4.78, 5) is 43.2. The second kappa shape index (κ2) is 11.0. The highest BCUT2D eigenvalue weighted by atomic mass is 16.6. The molecule has 2 amide bonds.